The number of fused-ring (bicyclic) bond motifs is 4. The Morgan fingerprint density at radius 2 is 0.818 bits per heavy atom. The molecule has 0 saturated heterocycles. The quantitative estimate of drug-likeness (QED) is 0.160. The zero-order valence-corrected chi connectivity index (χ0v) is 31.0. The van der Waals surface area contributed by atoms with E-state index in [0.717, 1.165) is 82.6 Å². The van der Waals surface area contributed by atoms with Gasteiger partial charge >= 0.3 is 0 Å². The summed E-state index contributed by atoms with van der Waals surface area (Å²) in [6, 6.07) is 64.8. The molecule has 4 nitrogen and oxygen atoms in total. The van der Waals surface area contributed by atoms with Crippen LogP contribution in [0.25, 0.3) is 89.4 Å². The summed E-state index contributed by atoms with van der Waals surface area (Å²) in [6.07, 6.45) is 0. The fraction of sp³-hybridized carbons (Fsp3) is 0.0200. The van der Waals surface area contributed by atoms with Gasteiger partial charge in [0.05, 0.1) is 0 Å². The van der Waals surface area contributed by atoms with Gasteiger partial charge in [0.1, 0.15) is 7.14 Å². The summed E-state index contributed by atoms with van der Waals surface area (Å²) in [7, 11) is -2.74. The third-order valence-electron chi connectivity index (χ3n) is 10.7. The van der Waals surface area contributed by atoms with E-state index in [1.807, 2.05) is 61.3 Å². The zero-order chi connectivity index (χ0) is 36.9. The van der Waals surface area contributed by atoms with Crippen molar-refractivity contribution in [2.45, 2.75) is 0 Å². The lowest BCUT2D eigenvalue weighted by molar-refractivity contribution is 0.591. The van der Waals surface area contributed by atoms with Gasteiger partial charge in [-0.05, 0) is 68.0 Å². The third kappa shape index (κ3) is 5.79. The molecule has 0 amide bonds. The molecule has 1 aliphatic rings. The molecule has 0 saturated carbocycles. The van der Waals surface area contributed by atoms with Crippen LogP contribution in [0.1, 0.15) is 0 Å². The van der Waals surface area contributed by atoms with Crippen molar-refractivity contribution in [1.82, 2.24) is 15.0 Å². The Balaban J connectivity index is 1.07. The van der Waals surface area contributed by atoms with Crippen LogP contribution in [0.15, 0.2) is 188 Å². The molecular weight excluding hydrogens is 690 g/mol. The van der Waals surface area contributed by atoms with Gasteiger partial charge in [0.15, 0.2) is 17.5 Å². The van der Waals surface area contributed by atoms with Crippen molar-refractivity contribution in [3.05, 3.63) is 188 Å². The Morgan fingerprint density at radius 3 is 1.49 bits per heavy atom. The van der Waals surface area contributed by atoms with Gasteiger partial charge in [-0.15, -0.1) is 0 Å². The lowest BCUT2D eigenvalue weighted by atomic mass is 9.89. The maximum absolute atomic E-state index is 14.3. The van der Waals surface area contributed by atoms with E-state index < -0.39 is 7.14 Å². The monoisotopic (exact) mass is 723 g/mol. The van der Waals surface area contributed by atoms with Crippen molar-refractivity contribution < 1.29 is 4.57 Å². The smallest absolute Gasteiger partial charge is 0.164 e. The highest BCUT2D eigenvalue weighted by atomic mass is 31.2. The topological polar surface area (TPSA) is 55.7 Å². The van der Waals surface area contributed by atoms with Crippen LogP contribution < -0.4 is 10.6 Å². The summed E-state index contributed by atoms with van der Waals surface area (Å²) in [6.45, 7) is 1.90. The fourth-order valence-electron chi connectivity index (χ4n) is 7.89. The van der Waals surface area contributed by atoms with E-state index in [1.54, 1.807) is 0 Å². The predicted molar refractivity (Wildman–Crippen MR) is 228 cm³/mol. The van der Waals surface area contributed by atoms with Gasteiger partial charge in [0.25, 0.3) is 0 Å². The predicted octanol–water partition coefficient (Wildman–Crippen LogP) is 12.0. The first-order valence-electron chi connectivity index (χ1n) is 18.4. The molecule has 0 radical (unpaired) electrons. The van der Waals surface area contributed by atoms with E-state index in [4.69, 9.17) is 15.0 Å². The largest absolute Gasteiger partial charge is 0.314 e. The standard InChI is InChI=1S/C50H34N3OP/c1-55(54)45-19-11-10-18-43(45)44-31-29-40(32-46(44)55)42-30-28-35-14-8-9-17-41(35)47(42)36-22-26-39(27-23-36)50-52-48(37-15-6-3-7-16-37)51-49(53-50)38-24-20-34(21-25-38)33-12-4-2-5-13-33/h2-32H,1H3. The van der Waals surface area contributed by atoms with Crippen molar-refractivity contribution >= 4 is 28.5 Å². The molecule has 1 unspecified atom stereocenters. The van der Waals surface area contributed by atoms with Crippen molar-refractivity contribution in [1.29, 1.82) is 0 Å². The van der Waals surface area contributed by atoms with E-state index in [1.165, 1.54) is 0 Å². The molecule has 0 aliphatic carbocycles. The van der Waals surface area contributed by atoms with Gasteiger partial charge in [-0.1, -0.05) is 182 Å². The van der Waals surface area contributed by atoms with Crippen LogP contribution in [0.3, 0.4) is 0 Å². The molecule has 5 heteroatoms. The Kier molecular flexibility index (Phi) is 7.94. The molecule has 1 aliphatic heterocycles. The number of hydrogen-bond acceptors (Lipinski definition) is 4. The van der Waals surface area contributed by atoms with Crippen LogP contribution >= 0.6 is 7.14 Å². The van der Waals surface area contributed by atoms with Crippen molar-refractivity contribution in [3.8, 4) is 78.7 Å². The first-order chi connectivity index (χ1) is 27.0. The van der Waals surface area contributed by atoms with Gasteiger partial charge < -0.3 is 4.57 Å². The van der Waals surface area contributed by atoms with Gasteiger partial charge in [0.2, 0.25) is 0 Å². The highest BCUT2D eigenvalue weighted by molar-refractivity contribution is 7.79. The molecule has 0 N–H and O–H groups in total. The van der Waals surface area contributed by atoms with Crippen LogP contribution in [0, 0.1) is 0 Å². The molecule has 10 rings (SSSR count). The first kappa shape index (κ1) is 32.9. The van der Waals surface area contributed by atoms with Crippen LogP contribution in [-0.2, 0) is 4.57 Å². The highest BCUT2D eigenvalue weighted by Gasteiger charge is 2.34. The molecule has 0 spiro atoms. The molecule has 8 aromatic carbocycles. The minimum Gasteiger partial charge on any atom is -0.314 e. The van der Waals surface area contributed by atoms with Crippen molar-refractivity contribution in [2.24, 2.45) is 0 Å². The summed E-state index contributed by atoms with van der Waals surface area (Å²) in [5, 5.41) is 4.18. The zero-order valence-electron chi connectivity index (χ0n) is 30.1. The van der Waals surface area contributed by atoms with Gasteiger partial charge in [-0.2, -0.15) is 0 Å². The minimum atomic E-state index is -2.74. The number of nitrogens with zero attached hydrogens (tertiary/aromatic N) is 3. The van der Waals surface area contributed by atoms with E-state index in [9.17, 15) is 4.57 Å². The normalized spacial score (nSPS) is 14.4. The van der Waals surface area contributed by atoms with E-state index in [0.29, 0.717) is 17.5 Å². The lowest BCUT2D eigenvalue weighted by Gasteiger charge is -2.16. The Bertz CT molecular complexity index is 2940. The Hall–Kier alpha value is -6.74. The van der Waals surface area contributed by atoms with Crippen molar-refractivity contribution in [3.63, 3.8) is 0 Å². The SMILES string of the molecule is CP1(=O)c2ccccc2-c2ccc(-c3ccc4ccccc4c3-c3ccc(-c4nc(-c5ccccc5)nc(-c5ccc(-c6ccccc6)cc5)n4)cc3)cc21. The highest BCUT2D eigenvalue weighted by Crippen LogP contribution is 2.51. The maximum Gasteiger partial charge on any atom is 0.164 e. The molecule has 0 bridgehead atoms. The summed E-state index contributed by atoms with van der Waals surface area (Å²) in [5.41, 5.74) is 11.5. The van der Waals surface area contributed by atoms with Gasteiger partial charge in [-0.3, -0.25) is 0 Å². The summed E-state index contributed by atoms with van der Waals surface area (Å²) >= 11 is 0. The average Bonchev–Trinajstić information content (AvgIpc) is 3.49. The number of aromatic nitrogens is 3. The second-order valence-electron chi connectivity index (χ2n) is 14.1. The Labute approximate surface area is 320 Å². The molecule has 9 aromatic rings. The third-order valence-corrected chi connectivity index (χ3v) is 13.3. The molecule has 260 valence electrons. The van der Waals surface area contributed by atoms with E-state index in [2.05, 4.69) is 133 Å². The molecule has 0 fully saturated rings. The average molecular weight is 724 g/mol. The van der Waals surface area contributed by atoms with Gasteiger partial charge in [-0.25, -0.2) is 15.0 Å². The minimum absolute atomic E-state index is 0.609. The van der Waals surface area contributed by atoms with E-state index in [-0.39, 0.29) is 0 Å². The number of benzene rings is 8. The lowest BCUT2D eigenvalue weighted by Crippen LogP contribution is -2.08. The Morgan fingerprint density at radius 1 is 0.364 bits per heavy atom. The number of hydrogen-bond donors (Lipinski definition) is 0. The molecule has 1 atom stereocenters. The van der Waals surface area contributed by atoms with E-state index >= 15 is 0 Å². The summed E-state index contributed by atoms with van der Waals surface area (Å²) in [5.74, 6) is 1.86. The van der Waals surface area contributed by atoms with Crippen LogP contribution in [0.5, 0.6) is 0 Å². The maximum atomic E-state index is 14.3. The number of rotatable bonds is 6. The molecule has 2 heterocycles. The van der Waals surface area contributed by atoms with Crippen molar-refractivity contribution in [2.75, 3.05) is 6.66 Å². The fourth-order valence-corrected chi connectivity index (χ4v) is 10.2. The van der Waals surface area contributed by atoms with Crippen LogP contribution in [0.2, 0.25) is 0 Å². The molecule has 1 aromatic heterocycles. The molecule has 55 heavy (non-hydrogen) atoms. The summed E-state index contributed by atoms with van der Waals surface area (Å²) < 4.78 is 14.3. The van der Waals surface area contributed by atoms with Crippen LogP contribution in [0.4, 0.5) is 0 Å². The second kappa shape index (κ2) is 13.3. The summed E-state index contributed by atoms with van der Waals surface area (Å²) in [4.78, 5) is 15.0. The van der Waals surface area contributed by atoms with Gasteiger partial charge in [0, 0.05) is 27.3 Å². The van der Waals surface area contributed by atoms with Crippen LogP contribution in [-0.4, -0.2) is 21.6 Å². The second-order valence-corrected chi connectivity index (χ2v) is 16.9. The molecular formula is C50H34N3OP. The first-order valence-corrected chi connectivity index (χ1v) is 20.6.